The van der Waals surface area contributed by atoms with Crippen molar-refractivity contribution in [2.45, 2.75) is 12.6 Å². The number of nitrogens with zero attached hydrogens (tertiary/aromatic N) is 7. The van der Waals surface area contributed by atoms with Crippen LogP contribution in [0.4, 0.5) is 0 Å². The van der Waals surface area contributed by atoms with Gasteiger partial charge in [0.15, 0.2) is 11.5 Å². The van der Waals surface area contributed by atoms with Gasteiger partial charge in [-0.05, 0) is 23.8 Å². The summed E-state index contributed by atoms with van der Waals surface area (Å²) in [6, 6.07) is 3.68. The molecule has 0 bridgehead atoms. The molecule has 11 heteroatoms. The summed E-state index contributed by atoms with van der Waals surface area (Å²) in [6.07, 6.45) is 8.36. The molecular formula is C20H23N7O4. The maximum Gasteiger partial charge on any atom is 0.246 e. The molecule has 1 aliphatic rings. The van der Waals surface area contributed by atoms with Gasteiger partial charge in [0.05, 0.1) is 46.0 Å². The van der Waals surface area contributed by atoms with E-state index < -0.39 is 0 Å². The fraction of sp³-hybridized carbons (Fsp3) is 0.350. The highest BCUT2D eigenvalue weighted by molar-refractivity contribution is 5.92. The molecular weight excluding hydrogens is 402 g/mol. The zero-order chi connectivity index (χ0) is 21.8. The molecule has 1 aromatic carbocycles. The van der Waals surface area contributed by atoms with E-state index in [4.69, 9.17) is 14.2 Å². The summed E-state index contributed by atoms with van der Waals surface area (Å²) in [5, 5.41) is 16.4. The minimum atomic E-state index is -0.0777. The summed E-state index contributed by atoms with van der Waals surface area (Å²) in [5.74, 6) is 1.50. The number of methoxy groups -OCH3 is 3. The summed E-state index contributed by atoms with van der Waals surface area (Å²) in [6.45, 7) is 1.60. The van der Waals surface area contributed by atoms with Crippen LogP contribution < -0.4 is 14.2 Å². The van der Waals surface area contributed by atoms with Crippen LogP contribution >= 0.6 is 0 Å². The van der Waals surface area contributed by atoms with Crippen LogP contribution in [0.25, 0.3) is 6.08 Å². The van der Waals surface area contributed by atoms with Gasteiger partial charge in [0.25, 0.3) is 0 Å². The van der Waals surface area contributed by atoms with E-state index in [9.17, 15) is 4.79 Å². The van der Waals surface area contributed by atoms with Gasteiger partial charge < -0.3 is 19.1 Å². The maximum atomic E-state index is 12.5. The molecule has 1 saturated heterocycles. The highest BCUT2D eigenvalue weighted by atomic mass is 16.5. The number of hydrogen-bond acceptors (Lipinski definition) is 8. The molecule has 3 heterocycles. The second kappa shape index (κ2) is 8.86. The molecule has 1 amide bonds. The number of carbonyl (C=O) groups is 1. The Hall–Kier alpha value is -3.89. The van der Waals surface area contributed by atoms with E-state index >= 15 is 0 Å². The van der Waals surface area contributed by atoms with Crippen molar-refractivity contribution in [1.29, 1.82) is 0 Å². The maximum absolute atomic E-state index is 12.5. The lowest BCUT2D eigenvalue weighted by molar-refractivity contribution is -0.131. The monoisotopic (exact) mass is 425 g/mol. The molecule has 0 spiro atoms. The third-order valence-electron chi connectivity index (χ3n) is 4.98. The van der Waals surface area contributed by atoms with Crippen LogP contribution in [-0.4, -0.2) is 75.2 Å². The van der Waals surface area contributed by atoms with E-state index in [-0.39, 0.29) is 11.9 Å². The highest BCUT2D eigenvalue weighted by Gasteiger charge is 2.31. The SMILES string of the molecule is COc1cc(/C=C/C(=O)N2CC(n3cc(Cn4nccn4)nn3)C2)cc(OC)c1OC. The molecule has 11 nitrogen and oxygen atoms in total. The Labute approximate surface area is 178 Å². The second-order valence-electron chi connectivity index (χ2n) is 6.94. The molecule has 2 aromatic heterocycles. The van der Waals surface area contributed by atoms with Crippen LogP contribution in [0, 0.1) is 0 Å². The first-order chi connectivity index (χ1) is 15.1. The first-order valence-electron chi connectivity index (χ1n) is 9.63. The third kappa shape index (κ3) is 4.34. The van der Waals surface area contributed by atoms with Gasteiger partial charge in [-0.1, -0.05) is 5.21 Å². The van der Waals surface area contributed by atoms with Crippen molar-refractivity contribution in [3.05, 3.63) is 48.1 Å². The van der Waals surface area contributed by atoms with Gasteiger partial charge in [-0.25, -0.2) is 4.68 Å². The van der Waals surface area contributed by atoms with E-state index in [1.165, 1.54) is 6.08 Å². The average Bonchev–Trinajstić information content (AvgIpc) is 3.43. The Kier molecular flexibility index (Phi) is 5.83. The van der Waals surface area contributed by atoms with Gasteiger partial charge in [0.1, 0.15) is 12.2 Å². The topological polar surface area (TPSA) is 109 Å². The molecule has 0 atom stereocenters. The van der Waals surface area contributed by atoms with Crippen molar-refractivity contribution < 1.29 is 19.0 Å². The molecule has 0 N–H and O–H groups in total. The van der Waals surface area contributed by atoms with Crippen LogP contribution in [0.5, 0.6) is 17.2 Å². The van der Waals surface area contributed by atoms with Crippen molar-refractivity contribution >= 4 is 12.0 Å². The zero-order valence-corrected chi connectivity index (χ0v) is 17.5. The van der Waals surface area contributed by atoms with E-state index in [0.29, 0.717) is 36.9 Å². The first-order valence-corrected chi connectivity index (χ1v) is 9.63. The predicted molar refractivity (Wildman–Crippen MR) is 110 cm³/mol. The molecule has 0 unspecified atom stereocenters. The minimum absolute atomic E-state index is 0.0777. The lowest BCUT2D eigenvalue weighted by atomic mass is 10.1. The van der Waals surface area contributed by atoms with E-state index in [1.54, 1.807) is 66.3 Å². The van der Waals surface area contributed by atoms with Crippen LogP contribution in [0.2, 0.25) is 0 Å². The Balaban J connectivity index is 1.35. The summed E-state index contributed by atoms with van der Waals surface area (Å²) < 4.78 is 17.8. The molecule has 4 rings (SSSR count). The van der Waals surface area contributed by atoms with Crippen molar-refractivity contribution in [3.63, 3.8) is 0 Å². The fourth-order valence-electron chi connectivity index (χ4n) is 3.31. The second-order valence-corrected chi connectivity index (χ2v) is 6.94. The summed E-state index contributed by atoms with van der Waals surface area (Å²) in [5.41, 5.74) is 1.54. The van der Waals surface area contributed by atoms with Gasteiger partial charge in [0.2, 0.25) is 11.7 Å². The van der Waals surface area contributed by atoms with Gasteiger partial charge in [0, 0.05) is 19.2 Å². The normalized spacial score (nSPS) is 14.0. The minimum Gasteiger partial charge on any atom is -0.493 e. The van der Waals surface area contributed by atoms with E-state index in [1.807, 2.05) is 6.20 Å². The van der Waals surface area contributed by atoms with Gasteiger partial charge in [-0.2, -0.15) is 15.0 Å². The van der Waals surface area contributed by atoms with Crippen LogP contribution in [0.15, 0.2) is 36.8 Å². The van der Waals surface area contributed by atoms with Crippen LogP contribution in [0.1, 0.15) is 17.3 Å². The number of hydrogen-bond donors (Lipinski definition) is 0. The molecule has 162 valence electrons. The molecule has 31 heavy (non-hydrogen) atoms. The number of likely N-dealkylation sites (tertiary alicyclic amines) is 1. The number of aromatic nitrogens is 6. The van der Waals surface area contributed by atoms with E-state index in [0.717, 1.165) is 11.3 Å². The van der Waals surface area contributed by atoms with Crippen LogP contribution in [-0.2, 0) is 11.3 Å². The Morgan fingerprint density at radius 3 is 2.39 bits per heavy atom. The first kappa shape index (κ1) is 20.4. The molecule has 0 saturated carbocycles. The standard InChI is InChI=1S/C20H23N7O4/c1-29-17-8-14(9-18(30-2)20(17)31-3)4-5-19(28)25-12-16(13-25)26-10-15(23-24-26)11-27-21-6-7-22-27/h4-10,16H,11-13H2,1-3H3/b5-4+. The highest BCUT2D eigenvalue weighted by Crippen LogP contribution is 2.38. The lowest BCUT2D eigenvalue weighted by Crippen LogP contribution is -2.50. The predicted octanol–water partition coefficient (Wildman–Crippen LogP) is 1.04. The van der Waals surface area contributed by atoms with Crippen LogP contribution in [0.3, 0.4) is 0 Å². The van der Waals surface area contributed by atoms with Gasteiger partial charge >= 0.3 is 0 Å². The average molecular weight is 425 g/mol. The molecule has 0 aliphatic carbocycles. The van der Waals surface area contributed by atoms with Gasteiger partial charge in [-0.15, -0.1) is 5.10 Å². The number of rotatable bonds is 8. The number of amides is 1. The van der Waals surface area contributed by atoms with Crippen molar-refractivity contribution in [2.75, 3.05) is 34.4 Å². The number of ether oxygens (including phenoxy) is 3. The third-order valence-corrected chi connectivity index (χ3v) is 4.98. The Morgan fingerprint density at radius 1 is 1.10 bits per heavy atom. The summed E-state index contributed by atoms with van der Waals surface area (Å²) in [7, 11) is 4.65. The quantitative estimate of drug-likeness (QED) is 0.493. The Bertz CT molecular complexity index is 1050. The smallest absolute Gasteiger partial charge is 0.246 e. The van der Waals surface area contributed by atoms with E-state index in [2.05, 4.69) is 20.5 Å². The van der Waals surface area contributed by atoms with Gasteiger partial charge in [-0.3, -0.25) is 4.79 Å². The van der Waals surface area contributed by atoms with Crippen molar-refractivity contribution in [2.24, 2.45) is 0 Å². The summed E-state index contributed by atoms with van der Waals surface area (Å²) >= 11 is 0. The molecule has 1 fully saturated rings. The largest absolute Gasteiger partial charge is 0.493 e. The Morgan fingerprint density at radius 2 is 1.77 bits per heavy atom. The van der Waals surface area contributed by atoms with Crippen molar-refractivity contribution in [1.82, 2.24) is 34.9 Å². The summed E-state index contributed by atoms with van der Waals surface area (Å²) in [4.78, 5) is 15.8. The molecule has 1 aliphatic heterocycles. The zero-order valence-electron chi connectivity index (χ0n) is 17.5. The van der Waals surface area contributed by atoms with Crippen molar-refractivity contribution in [3.8, 4) is 17.2 Å². The fourth-order valence-corrected chi connectivity index (χ4v) is 3.31. The molecule has 0 radical (unpaired) electrons. The molecule has 3 aromatic rings. The lowest BCUT2D eigenvalue weighted by Gasteiger charge is -2.38. The number of benzene rings is 1. The number of carbonyl (C=O) groups excluding carboxylic acids is 1.